The molecule has 1 saturated heterocycles. The van der Waals surface area contributed by atoms with Crippen molar-refractivity contribution in [2.24, 2.45) is 11.6 Å². The maximum Gasteiger partial charge on any atom is 0.341 e. The van der Waals surface area contributed by atoms with Gasteiger partial charge >= 0.3 is 5.97 Å². The van der Waals surface area contributed by atoms with E-state index in [-0.39, 0.29) is 29.8 Å². The molecule has 1 atom stereocenters. The fraction of sp³-hybridized carbons (Fsp3) is 0.412. The Morgan fingerprint density at radius 2 is 1.96 bits per heavy atom. The Bertz CT molecular complexity index is 1020. The first-order valence-corrected chi connectivity index (χ1v) is 8.65. The van der Waals surface area contributed by atoms with E-state index in [0.717, 1.165) is 6.20 Å². The number of anilines is 2. The SMILES string of the molecule is NNc1c(F)c(N2CCC(N)C2)c(F)c2c1c(=O)c(C(=O)O)cn2C1CC1. The van der Waals surface area contributed by atoms with E-state index in [0.29, 0.717) is 25.8 Å². The van der Waals surface area contributed by atoms with Gasteiger partial charge in [0.2, 0.25) is 5.43 Å². The Hall–Kier alpha value is -2.72. The molecule has 8 nitrogen and oxygen atoms in total. The molecule has 1 unspecified atom stereocenters. The molecule has 0 radical (unpaired) electrons. The first kappa shape index (κ1) is 17.7. The average Bonchev–Trinajstić information content (AvgIpc) is 3.37. The molecule has 0 amide bonds. The molecule has 1 aliphatic heterocycles. The van der Waals surface area contributed by atoms with Crippen molar-refractivity contribution in [1.82, 2.24) is 4.57 Å². The number of carbonyl (C=O) groups is 1. The summed E-state index contributed by atoms with van der Waals surface area (Å²) in [5.74, 6) is 2.05. The predicted molar refractivity (Wildman–Crippen MR) is 96.0 cm³/mol. The second kappa shape index (κ2) is 6.17. The number of hydrogen-bond donors (Lipinski definition) is 4. The summed E-state index contributed by atoms with van der Waals surface area (Å²) in [6.07, 6.45) is 3.13. The third-order valence-corrected chi connectivity index (χ3v) is 5.18. The van der Waals surface area contributed by atoms with E-state index in [1.54, 1.807) is 0 Å². The van der Waals surface area contributed by atoms with Gasteiger partial charge in [-0.1, -0.05) is 0 Å². The van der Waals surface area contributed by atoms with Crippen molar-refractivity contribution in [1.29, 1.82) is 0 Å². The summed E-state index contributed by atoms with van der Waals surface area (Å²) < 4.78 is 32.0. The topological polar surface area (TPSA) is 127 Å². The second-order valence-corrected chi connectivity index (χ2v) is 7.03. The highest BCUT2D eigenvalue weighted by Crippen LogP contribution is 2.42. The molecule has 1 aliphatic carbocycles. The van der Waals surface area contributed by atoms with Crippen LogP contribution in [0.1, 0.15) is 35.7 Å². The smallest absolute Gasteiger partial charge is 0.341 e. The highest BCUT2D eigenvalue weighted by molar-refractivity contribution is 6.00. The summed E-state index contributed by atoms with van der Waals surface area (Å²) in [5, 5.41) is 8.94. The molecule has 144 valence electrons. The van der Waals surface area contributed by atoms with Crippen LogP contribution >= 0.6 is 0 Å². The lowest BCUT2D eigenvalue weighted by Crippen LogP contribution is -2.29. The van der Waals surface area contributed by atoms with Gasteiger partial charge < -0.3 is 25.7 Å². The van der Waals surface area contributed by atoms with Gasteiger partial charge in [0.05, 0.1) is 10.9 Å². The number of pyridine rings is 1. The Balaban J connectivity index is 2.12. The van der Waals surface area contributed by atoms with Crippen LogP contribution in [0.15, 0.2) is 11.0 Å². The van der Waals surface area contributed by atoms with Crippen LogP contribution in [0.5, 0.6) is 0 Å². The Morgan fingerprint density at radius 1 is 1.26 bits per heavy atom. The number of benzene rings is 1. The minimum absolute atomic E-state index is 0.141. The number of nitrogens with one attached hydrogen (secondary N) is 1. The van der Waals surface area contributed by atoms with Gasteiger partial charge in [0.25, 0.3) is 0 Å². The van der Waals surface area contributed by atoms with Crippen molar-refractivity contribution < 1.29 is 18.7 Å². The molecule has 10 heteroatoms. The monoisotopic (exact) mass is 379 g/mol. The molecule has 2 aromatic rings. The lowest BCUT2D eigenvalue weighted by molar-refractivity contribution is 0.0695. The van der Waals surface area contributed by atoms with Gasteiger partial charge in [0.15, 0.2) is 11.6 Å². The van der Waals surface area contributed by atoms with Crippen LogP contribution in [-0.4, -0.2) is 34.8 Å². The number of nitrogens with zero attached hydrogens (tertiary/aromatic N) is 2. The van der Waals surface area contributed by atoms with E-state index in [1.807, 2.05) is 0 Å². The van der Waals surface area contributed by atoms with Gasteiger partial charge in [0, 0.05) is 31.4 Å². The molecular weight excluding hydrogens is 360 g/mol. The Morgan fingerprint density at radius 3 is 2.48 bits per heavy atom. The van der Waals surface area contributed by atoms with E-state index >= 15 is 8.78 Å². The van der Waals surface area contributed by atoms with E-state index in [2.05, 4.69) is 5.43 Å². The fourth-order valence-electron chi connectivity index (χ4n) is 3.72. The molecule has 1 aromatic carbocycles. The van der Waals surface area contributed by atoms with Crippen LogP contribution in [0, 0.1) is 11.6 Å². The number of carboxylic acid groups (broad SMARTS) is 1. The van der Waals surface area contributed by atoms with Crippen LogP contribution in [0.25, 0.3) is 10.9 Å². The molecule has 1 saturated carbocycles. The molecule has 1 aromatic heterocycles. The van der Waals surface area contributed by atoms with E-state index in [4.69, 9.17) is 11.6 Å². The summed E-state index contributed by atoms with van der Waals surface area (Å²) in [5.41, 5.74) is 5.60. The molecular formula is C17H19F2N5O3. The maximum atomic E-state index is 15.5. The summed E-state index contributed by atoms with van der Waals surface area (Å²) >= 11 is 0. The summed E-state index contributed by atoms with van der Waals surface area (Å²) in [4.78, 5) is 25.6. The van der Waals surface area contributed by atoms with E-state index in [9.17, 15) is 14.7 Å². The number of aromatic nitrogens is 1. The molecule has 0 spiro atoms. The molecule has 4 rings (SSSR count). The normalized spacial score (nSPS) is 19.7. The van der Waals surface area contributed by atoms with Crippen molar-refractivity contribution in [3.05, 3.63) is 33.6 Å². The molecule has 2 aliphatic rings. The zero-order valence-electron chi connectivity index (χ0n) is 14.3. The van der Waals surface area contributed by atoms with Crippen molar-refractivity contribution in [2.75, 3.05) is 23.4 Å². The van der Waals surface area contributed by atoms with Crippen molar-refractivity contribution >= 4 is 28.2 Å². The molecule has 27 heavy (non-hydrogen) atoms. The van der Waals surface area contributed by atoms with Gasteiger partial charge in [-0.3, -0.25) is 10.6 Å². The van der Waals surface area contributed by atoms with Crippen LogP contribution < -0.4 is 27.3 Å². The van der Waals surface area contributed by atoms with Crippen molar-refractivity contribution in [2.45, 2.75) is 31.3 Å². The maximum absolute atomic E-state index is 15.5. The Labute approximate surface area is 152 Å². The quantitative estimate of drug-likeness (QED) is 0.463. The fourth-order valence-corrected chi connectivity index (χ4v) is 3.72. The summed E-state index contributed by atoms with van der Waals surface area (Å²) in [6, 6.07) is -0.362. The number of nitrogen functional groups attached to an aromatic ring is 1. The Kier molecular flexibility index (Phi) is 4.04. The number of rotatable bonds is 4. The minimum atomic E-state index is -1.46. The first-order valence-electron chi connectivity index (χ1n) is 8.65. The number of hydrogen-bond acceptors (Lipinski definition) is 6. The third-order valence-electron chi connectivity index (χ3n) is 5.18. The lowest BCUT2D eigenvalue weighted by atomic mass is 10.1. The zero-order valence-corrected chi connectivity index (χ0v) is 14.3. The highest BCUT2D eigenvalue weighted by atomic mass is 19.1. The lowest BCUT2D eigenvalue weighted by Gasteiger charge is -2.24. The number of hydrazine groups is 1. The molecule has 0 bridgehead atoms. The number of aromatic carboxylic acids is 1. The summed E-state index contributed by atoms with van der Waals surface area (Å²) in [6.45, 7) is 0.635. The second-order valence-electron chi connectivity index (χ2n) is 7.03. The average molecular weight is 379 g/mol. The van der Waals surface area contributed by atoms with Crippen molar-refractivity contribution in [3.63, 3.8) is 0 Å². The van der Waals surface area contributed by atoms with Gasteiger partial charge in [-0.2, -0.15) is 0 Å². The molecule has 2 fully saturated rings. The van der Waals surface area contributed by atoms with Crippen molar-refractivity contribution in [3.8, 4) is 0 Å². The summed E-state index contributed by atoms with van der Waals surface area (Å²) in [7, 11) is 0. The zero-order chi connectivity index (χ0) is 19.5. The van der Waals surface area contributed by atoms with Crippen LogP contribution in [0.4, 0.5) is 20.2 Å². The highest BCUT2D eigenvalue weighted by Gasteiger charge is 2.34. The predicted octanol–water partition coefficient (Wildman–Crippen LogP) is 1.14. The van der Waals surface area contributed by atoms with Crippen LogP contribution in [-0.2, 0) is 0 Å². The standard InChI is InChI=1S/C17H19F2N5O3/c18-11-13(22-21)10-14(12(19)15(11)23-4-3-7(20)5-23)24(8-1-2-8)6-9(16(10)25)17(26)27/h6-8,22H,1-5,20-21H2,(H,26,27). The molecule has 2 heterocycles. The van der Waals surface area contributed by atoms with Crippen LogP contribution in [0.3, 0.4) is 0 Å². The number of nitrogens with two attached hydrogens (primary N) is 2. The largest absolute Gasteiger partial charge is 0.477 e. The third kappa shape index (κ3) is 2.63. The van der Waals surface area contributed by atoms with Crippen LogP contribution in [0.2, 0.25) is 0 Å². The minimum Gasteiger partial charge on any atom is -0.477 e. The first-order chi connectivity index (χ1) is 12.8. The number of carboxylic acids is 1. The van der Waals surface area contributed by atoms with Gasteiger partial charge in [-0.15, -0.1) is 0 Å². The van der Waals surface area contributed by atoms with E-state index < -0.39 is 39.7 Å². The van der Waals surface area contributed by atoms with E-state index in [1.165, 1.54) is 9.47 Å². The van der Waals surface area contributed by atoms with Gasteiger partial charge in [-0.25, -0.2) is 13.6 Å². The van der Waals surface area contributed by atoms with Gasteiger partial charge in [0.1, 0.15) is 16.9 Å². The molecule has 6 N–H and O–H groups in total. The van der Waals surface area contributed by atoms with Gasteiger partial charge in [-0.05, 0) is 19.3 Å². The number of halogens is 2. The number of fused-ring (bicyclic) bond motifs is 1.